The van der Waals surface area contributed by atoms with Crippen molar-refractivity contribution in [2.75, 3.05) is 39.3 Å². The first-order valence-corrected chi connectivity index (χ1v) is 13.5. The number of carbonyl (C=O) groups excluding carboxylic acids is 2. The van der Waals surface area contributed by atoms with Crippen molar-refractivity contribution in [3.63, 3.8) is 0 Å². The van der Waals surface area contributed by atoms with E-state index in [0.717, 1.165) is 49.6 Å². The molecule has 1 aromatic heterocycles. The number of hydrogen-bond acceptors (Lipinski definition) is 4. The summed E-state index contributed by atoms with van der Waals surface area (Å²) in [6, 6.07) is 10.3. The van der Waals surface area contributed by atoms with Crippen molar-refractivity contribution < 1.29 is 14.0 Å². The van der Waals surface area contributed by atoms with Crippen molar-refractivity contribution in [3.8, 4) is 0 Å². The number of nitrogens with zero attached hydrogens (tertiary/aromatic N) is 3. The van der Waals surface area contributed by atoms with Crippen LogP contribution in [0.2, 0.25) is 0 Å². The van der Waals surface area contributed by atoms with Gasteiger partial charge in [-0.05, 0) is 46.9 Å². The summed E-state index contributed by atoms with van der Waals surface area (Å²) in [5.41, 5.74) is 1.16. The number of benzene rings is 1. The van der Waals surface area contributed by atoms with Crippen LogP contribution in [0.1, 0.15) is 51.0 Å². The van der Waals surface area contributed by atoms with E-state index in [2.05, 4.69) is 32.6 Å². The quantitative estimate of drug-likeness (QED) is 0.457. The number of piperazine rings is 1. The maximum absolute atomic E-state index is 13.3. The van der Waals surface area contributed by atoms with Crippen LogP contribution in [0.25, 0.3) is 0 Å². The third kappa shape index (κ3) is 9.37. The molecule has 0 saturated carbocycles. The van der Waals surface area contributed by atoms with Crippen molar-refractivity contribution in [2.45, 2.75) is 53.5 Å². The van der Waals surface area contributed by atoms with Gasteiger partial charge in [0.2, 0.25) is 11.8 Å². The Morgan fingerprint density at radius 2 is 1.77 bits per heavy atom. The van der Waals surface area contributed by atoms with Gasteiger partial charge in [-0.15, -0.1) is 11.3 Å². The lowest BCUT2D eigenvalue weighted by Gasteiger charge is -2.36. The molecular weight excluding hydrogens is 461 g/mol. The largest absolute Gasteiger partial charge is 0.340 e. The minimum atomic E-state index is -0.273. The molecule has 1 atom stereocenters. The summed E-state index contributed by atoms with van der Waals surface area (Å²) < 4.78 is 13.3. The zero-order valence-electron chi connectivity index (χ0n) is 21.6. The van der Waals surface area contributed by atoms with E-state index in [-0.39, 0.29) is 23.0 Å². The Bertz CT molecular complexity index is 932. The third-order valence-corrected chi connectivity index (χ3v) is 7.32. The van der Waals surface area contributed by atoms with Gasteiger partial charge in [0.15, 0.2) is 0 Å². The molecule has 1 saturated heterocycles. The van der Waals surface area contributed by atoms with Crippen molar-refractivity contribution >= 4 is 23.2 Å². The summed E-state index contributed by atoms with van der Waals surface area (Å²) in [7, 11) is 0. The van der Waals surface area contributed by atoms with E-state index < -0.39 is 0 Å². The van der Waals surface area contributed by atoms with Crippen LogP contribution in [0.15, 0.2) is 41.8 Å². The van der Waals surface area contributed by atoms with Crippen LogP contribution in [0.4, 0.5) is 4.39 Å². The van der Waals surface area contributed by atoms with Gasteiger partial charge in [-0.25, -0.2) is 4.39 Å². The molecule has 0 radical (unpaired) electrons. The van der Waals surface area contributed by atoms with Crippen LogP contribution in [0, 0.1) is 17.2 Å². The summed E-state index contributed by atoms with van der Waals surface area (Å²) in [5, 5.41) is 1.98. The summed E-state index contributed by atoms with van der Waals surface area (Å²) in [6.07, 6.45) is 2.04. The Labute approximate surface area is 213 Å². The van der Waals surface area contributed by atoms with Gasteiger partial charge in [-0.1, -0.05) is 45.9 Å². The fraction of sp³-hybridized carbons (Fsp3) is 0.571. The first kappa shape index (κ1) is 27.3. The van der Waals surface area contributed by atoms with Crippen LogP contribution in [-0.4, -0.2) is 65.8 Å². The highest BCUT2D eigenvalue weighted by Gasteiger charge is 2.25. The Morgan fingerprint density at radius 1 is 1.09 bits per heavy atom. The van der Waals surface area contributed by atoms with Gasteiger partial charge in [0.05, 0.1) is 6.42 Å². The Kier molecular flexibility index (Phi) is 9.87. The fourth-order valence-corrected chi connectivity index (χ4v) is 5.50. The molecule has 0 bridgehead atoms. The molecule has 7 heteroatoms. The standard InChI is InChI=1S/C28H40FN3O2S/c1-22(20-28(2,3)4)18-26(33)31-14-11-30(12-15-31)13-16-32(21-23-7-9-24(29)10-8-23)27(34)19-25-6-5-17-35-25/h5-10,17,22H,11-16,18-21H2,1-4H3. The van der Waals surface area contributed by atoms with E-state index in [9.17, 15) is 14.0 Å². The number of hydrogen-bond donors (Lipinski definition) is 0. The lowest BCUT2D eigenvalue weighted by Crippen LogP contribution is -2.50. The second-order valence-corrected chi connectivity index (χ2v) is 12.0. The Balaban J connectivity index is 1.50. The Morgan fingerprint density at radius 3 is 2.37 bits per heavy atom. The van der Waals surface area contributed by atoms with E-state index >= 15 is 0 Å². The molecule has 1 aliphatic heterocycles. The van der Waals surface area contributed by atoms with Gasteiger partial charge < -0.3 is 9.80 Å². The molecule has 1 aromatic carbocycles. The zero-order valence-corrected chi connectivity index (χ0v) is 22.5. The SMILES string of the molecule is CC(CC(=O)N1CCN(CCN(Cc2ccc(F)cc2)C(=O)Cc2cccs2)CC1)CC(C)(C)C. The maximum atomic E-state index is 13.3. The lowest BCUT2D eigenvalue weighted by atomic mass is 9.84. The first-order chi connectivity index (χ1) is 16.6. The summed E-state index contributed by atoms with van der Waals surface area (Å²) in [5.74, 6) is 0.448. The molecule has 2 aromatic rings. The second-order valence-electron chi connectivity index (χ2n) is 11.0. The van der Waals surface area contributed by atoms with Crippen LogP contribution in [0.3, 0.4) is 0 Å². The lowest BCUT2D eigenvalue weighted by molar-refractivity contribution is -0.134. The molecule has 1 unspecified atom stereocenters. The number of amides is 2. The summed E-state index contributed by atoms with van der Waals surface area (Å²) >= 11 is 1.59. The smallest absolute Gasteiger partial charge is 0.228 e. The minimum Gasteiger partial charge on any atom is -0.340 e. The van der Waals surface area contributed by atoms with Gasteiger partial charge in [-0.3, -0.25) is 14.5 Å². The van der Waals surface area contributed by atoms with Gasteiger partial charge in [-0.2, -0.15) is 0 Å². The fourth-order valence-electron chi connectivity index (χ4n) is 4.80. The summed E-state index contributed by atoms with van der Waals surface area (Å²) in [4.78, 5) is 33.1. The van der Waals surface area contributed by atoms with E-state index in [1.54, 1.807) is 23.5 Å². The molecule has 3 rings (SSSR count). The third-order valence-electron chi connectivity index (χ3n) is 6.44. The number of thiophene rings is 1. The highest BCUT2D eigenvalue weighted by molar-refractivity contribution is 7.10. The number of halogens is 1. The van der Waals surface area contributed by atoms with Gasteiger partial charge in [0, 0.05) is 57.1 Å². The summed E-state index contributed by atoms with van der Waals surface area (Å²) in [6.45, 7) is 13.8. The minimum absolute atomic E-state index is 0.0819. The maximum Gasteiger partial charge on any atom is 0.228 e. The second kappa shape index (κ2) is 12.6. The monoisotopic (exact) mass is 501 g/mol. The van der Waals surface area contributed by atoms with Crippen molar-refractivity contribution in [3.05, 3.63) is 58.0 Å². The molecule has 1 fully saturated rings. The van der Waals surface area contributed by atoms with E-state index in [4.69, 9.17) is 0 Å². The molecule has 0 N–H and O–H groups in total. The van der Waals surface area contributed by atoms with E-state index in [1.165, 1.54) is 12.1 Å². The molecule has 2 amide bonds. The van der Waals surface area contributed by atoms with Crippen LogP contribution >= 0.6 is 11.3 Å². The molecule has 192 valence electrons. The van der Waals surface area contributed by atoms with Gasteiger partial charge in [0.25, 0.3) is 0 Å². The van der Waals surface area contributed by atoms with Gasteiger partial charge >= 0.3 is 0 Å². The molecular formula is C28H40FN3O2S. The zero-order chi connectivity index (χ0) is 25.4. The predicted octanol–water partition coefficient (Wildman–Crippen LogP) is 5.07. The van der Waals surface area contributed by atoms with Crippen LogP contribution in [0.5, 0.6) is 0 Å². The van der Waals surface area contributed by atoms with Crippen molar-refractivity contribution in [1.29, 1.82) is 0 Å². The Hall–Kier alpha value is -2.25. The molecule has 35 heavy (non-hydrogen) atoms. The molecule has 0 spiro atoms. The average molecular weight is 502 g/mol. The first-order valence-electron chi connectivity index (χ1n) is 12.6. The topological polar surface area (TPSA) is 43.9 Å². The van der Waals surface area contributed by atoms with E-state index in [1.807, 2.05) is 27.3 Å². The number of rotatable bonds is 10. The van der Waals surface area contributed by atoms with Crippen LogP contribution < -0.4 is 0 Å². The van der Waals surface area contributed by atoms with Gasteiger partial charge in [0.1, 0.15) is 5.82 Å². The highest BCUT2D eigenvalue weighted by Crippen LogP contribution is 2.26. The predicted molar refractivity (Wildman–Crippen MR) is 141 cm³/mol. The molecule has 0 aliphatic carbocycles. The normalized spacial score (nSPS) is 15.7. The highest BCUT2D eigenvalue weighted by atomic mass is 32.1. The molecule has 1 aliphatic rings. The molecule has 5 nitrogen and oxygen atoms in total. The van der Waals surface area contributed by atoms with Crippen molar-refractivity contribution in [1.82, 2.24) is 14.7 Å². The number of carbonyl (C=O) groups is 2. The van der Waals surface area contributed by atoms with Crippen molar-refractivity contribution in [2.24, 2.45) is 11.3 Å². The van der Waals surface area contributed by atoms with E-state index in [0.29, 0.717) is 31.8 Å². The van der Waals surface area contributed by atoms with Crippen LogP contribution in [-0.2, 0) is 22.6 Å². The average Bonchev–Trinajstić information content (AvgIpc) is 3.30. The molecule has 2 heterocycles.